The lowest BCUT2D eigenvalue weighted by Gasteiger charge is -2.31. The highest BCUT2D eigenvalue weighted by molar-refractivity contribution is 6.02. The number of hydrogen-bond acceptors (Lipinski definition) is 6. The van der Waals surface area contributed by atoms with E-state index in [4.69, 9.17) is 4.74 Å². The van der Waals surface area contributed by atoms with E-state index in [9.17, 15) is 19.5 Å². The number of nitrogens with zero attached hydrogens (tertiary/aromatic N) is 1. The van der Waals surface area contributed by atoms with Crippen LogP contribution in [0.15, 0.2) is 36.4 Å². The molecule has 1 saturated heterocycles. The first-order chi connectivity index (χ1) is 15.1. The van der Waals surface area contributed by atoms with Gasteiger partial charge in [0.1, 0.15) is 17.4 Å². The minimum absolute atomic E-state index is 0.00299. The maximum absolute atomic E-state index is 13.1. The second kappa shape index (κ2) is 9.99. The number of rotatable bonds is 6. The smallest absolute Gasteiger partial charge is 0.306 e. The average molecular weight is 442 g/mol. The fourth-order valence-corrected chi connectivity index (χ4v) is 3.68. The van der Waals surface area contributed by atoms with Crippen molar-refractivity contribution < 1.29 is 24.2 Å². The summed E-state index contributed by atoms with van der Waals surface area (Å²) in [5, 5.41) is 17.6. The summed E-state index contributed by atoms with van der Waals surface area (Å²) in [6.07, 6.45) is 0.131. The van der Waals surface area contributed by atoms with Crippen molar-refractivity contribution in [2.45, 2.75) is 45.3 Å². The molecule has 0 saturated carbocycles. The SMILES string of the molecule is CC(C)(C)OC(=O)CC[C@H](NC(=O)c1cc(O)c2ccccc2c1)C(=O)N1CCNCC1. The summed E-state index contributed by atoms with van der Waals surface area (Å²) in [4.78, 5) is 40.0. The van der Waals surface area contributed by atoms with Crippen molar-refractivity contribution in [2.75, 3.05) is 26.2 Å². The maximum atomic E-state index is 13.1. The third-order valence-corrected chi connectivity index (χ3v) is 5.19. The highest BCUT2D eigenvalue weighted by Crippen LogP contribution is 2.26. The molecular formula is C24H31N3O5. The first kappa shape index (κ1) is 23.5. The summed E-state index contributed by atoms with van der Waals surface area (Å²) in [6.45, 7) is 7.77. The van der Waals surface area contributed by atoms with Crippen LogP contribution in [0.5, 0.6) is 5.75 Å². The van der Waals surface area contributed by atoms with Crippen LogP contribution in [0.4, 0.5) is 0 Å². The summed E-state index contributed by atoms with van der Waals surface area (Å²) in [5.74, 6) is -1.14. The molecule has 1 atom stereocenters. The van der Waals surface area contributed by atoms with Crippen LogP contribution >= 0.6 is 0 Å². The Morgan fingerprint density at radius 1 is 1.16 bits per heavy atom. The lowest BCUT2D eigenvalue weighted by molar-refractivity contribution is -0.155. The summed E-state index contributed by atoms with van der Waals surface area (Å²) < 4.78 is 5.35. The van der Waals surface area contributed by atoms with E-state index < -0.39 is 23.5 Å². The predicted molar refractivity (Wildman–Crippen MR) is 121 cm³/mol. The number of benzene rings is 2. The number of fused-ring (bicyclic) bond motifs is 1. The standard InChI is InChI=1S/C24H31N3O5/c1-24(2,3)32-21(29)9-8-19(23(31)27-12-10-25-11-13-27)26-22(30)17-14-16-6-4-5-7-18(16)20(28)15-17/h4-7,14-15,19,25,28H,8-13H2,1-3H3,(H,26,30)/t19-/m0/s1. The normalized spacial score (nSPS) is 15.3. The van der Waals surface area contributed by atoms with Gasteiger partial charge in [0.15, 0.2) is 0 Å². The zero-order valence-electron chi connectivity index (χ0n) is 18.8. The molecule has 172 valence electrons. The molecule has 3 rings (SSSR count). The van der Waals surface area contributed by atoms with Gasteiger partial charge in [0.05, 0.1) is 0 Å². The minimum atomic E-state index is -0.873. The zero-order chi connectivity index (χ0) is 23.3. The van der Waals surface area contributed by atoms with Gasteiger partial charge in [0, 0.05) is 43.5 Å². The van der Waals surface area contributed by atoms with E-state index in [1.165, 1.54) is 6.07 Å². The van der Waals surface area contributed by atoms with Gasteiger partial charge in [-0.15, -0.1) is 0 Å². The van der Waals surface area contributed by atoms with Gasteiger partial charge in [-0.2, -0.15) is 0 Å². The molecule has 0 aliphatic carbocycles. The van der Waals surface area contributed by atoms with Crippen LogP contribution in [0.1, 0.15) is 44.0 Å². The van der Waals surface area contributed by atoms with Crippen molar-refractivity contribution in [1.29, 1.82) is 0 Å². The van der Waals surface area contributed by atoms with E-state index in [2.05, 4.69) is 10.6 Å². The van der Waals surface area contributed by atoms with E-state index in [1.807, 2.05) is 6.07 Å². The van der Waals surface area contributed by atoms with E-state index in [-0.39, 0.29) is 30.1 Å². The molecule has 1 heterocycles. The molecular weight excluding hydrogens is 410 g/mol. The van der Waals surface area contributed by atoms with Gasteiger partial charge in [-0.25, -0.2) is 0 Å². The fourth-order valence-electron chi connectivity index (χ4n) is 3.68. The van der Waals surface area contributed by atoms with Gasteiger partial charge in [-0.3, -0.25) is 14.4 Å². The summed E-state index contributed by atoms with van der Waals surface area (Å²) in [5.41, 5.74) is -0.377. The molecule has 0 unspecified atom stereocenters. The van der Waals surface area contributed by atoms with Crippen LogP contribution in [-0.2, 0) is 14.3 Å². The molecule has 0 radical (unpaired) electrons. The van der Waals surface area contributed by atoms with Gasteiger partial charge in [0.2, 0.25) is 5.91 Å². The number of piperazine rings is 1. The lowest BCUT2D eigenvalue weighted by atomic mass is 10.0. The number of amides is 2. The molecule has 1 aliphatic heterocycles. The van der Waals surface area contributed by atoms with Crippen molar-refractivity contribution >= 4 is 28.6 Å². The molecule has 32 heavy (non-hydrogen) atoms. The van der Waals surface area contributed by atoms with Crippen molar-refractivity contribution in [3.8, 4) is 5.75 Å². The Labute approximate surface area is 187 Å². The largest absolute Gasteiger partial charge is 0.507 e. The van der Waals surface area contributed by atoms with Crippen molar-refractivity contribution in [3.05, 3.63) is 42.0 Å². The number of aromatic hydroxyl groups is 1. The number of carbonyl (C=O) groups excluding carboxylic acids is 3. The fraction of sp³-hybridized carbons (Fsp3) is 0.458. The molecule has 1 aliphatic rings. The number of phenols is 1. The van der Waals surface area contributed by atoms with E-state index in [1.54, 1.807) is 49.9 Å². The molecule has 8 heteroatoms. The number of ether oxygens (including phenoxy) is 1. The van der Waals surface area contributed by atoms with Crippen LogP contribution in [0.25, 0.3) is 10.8 Å². The molecule has 2 aromatic rings. The van der Waals surface area contributed by atoms with Crippen LogP contribution < -0.4 is 10.6 Å². The van der Waals surface area contributed by atoms with Crippen LogP contribution in [0.3, 0.4) is 0 Å². The molecule has 1 fully saturated rings. The molecule has 8 nitrogen and oxygen atoms in total. The van der Waals surface area contributed by atoms with E-state index >= 15 is 0 Å². The van der Waals surface area contributed by atoms with E-state index in [0.717, 1.165) is 5.39 Å². The maximum Gasteiger partial charge on any atom is 0.306 e. The van der Waals surface area contributed by atoms with Crippen LogP contribution in [0.2, 0.25) is 0 Å². The Bertz CT molecular complexity index is 993. The molecule has 0 aromatic heterocycles. The van der Waals surface area contributed by atoms with Crippen molar-refractivity contribution in [1.82, 2.24) is 15.5 Å². The predicted octanol–water partition coefficient (Wildman–Crippen LogP) is 2.20. The molecule has 0 spiro atoms. The Hall–Kier alpha value is -3.13. The van der Waals surface area contributed by atoms with Gasteiger partial charge >= 0.3 is 5.97 Å². The first-order valence-corrected chi connectivity index (χ1v) is 10.9. The molecule has 0 bridgehead atoms. The van der Waals surface area contributed by atoms with Crippen LogP contribution in [0, 0.1) is 0 Å². The molecule has 3 N–H and O–H groups in total. The highest BCUT2D eigenvalue weighted by atomic mass is 16.6. The number of phenolic OH excluding ortho intramolecular Hbond substituents is 1. The summed E-state index contributed by atoms with van der Waals surface area (Å²) in [6, 6.07) is 9.38. The average Bonchev–Trinajstić information content (AvgIpc) is 2.75. The molecule has 2 amide bonds. The van der Waals surface area contributed by atoms with Gasteiger partial charge in [-0.1, -0.05) is 24.3 Å². The Kier molecular flexibility index (Phi) is 7.35. The first-order valence-electron chi connectivity index (χ1n) is 10.9. The number of esters is 1. The quantitative estimate of drug-likeness (QED) is 0.593. The third-order valence-electron chi connectivity index (χ3n) is 5.19. The number of carbonyl (C=O) groups is 3. The minimum Gasteiger partial charge on any atom is -0.507 e. The van der Waals surface area contributed by atoms with Crippen molar-refractivity contribution in [3.63, 3.8) is 0 Å². The van der Waals surface area contributed by atoms with Crippen LogP contribution in [-0.4, -0.2) is 65.6 Å². The number of nitrogens with one attached hydrogen (secondary N) is 2. The molecule has 2 aromatic carbocycles. The topological polar surface area (TPSA) is 108 Å². The Morgan fingerprint density at radius 3 is 2.53 bits per heavy atom. The van der Waals surface area contributed by atoms with Gasteiger partial charge < -0.3 is 25.4 Å². The van der Waals surface area contributed by atoms with Crippen molar-refractivity contribution in [2.24, 2.45) is 0 Å². The second-order valence-electron chi connectivity index (χ2n) is 8.94. The van der Waals surface area contributed by atoms with Gasteiger partial charge in [-0.05, 0) is 44.7 Å². The third kappa shape index (κ3) is 6.20. The lowest BCUT2D eigenvalue weighted by Crippen LogP contribution is -2.54. The second-order valence-corrected chi connectivity index (χ2v) is 8.94. The zero-order valence-corrected chi connectivity index (χ0v) is 18.8. The monoisotopic (exact) mass is 441 g/mol. The number of hydrogen-bond donors (Lipinski definition) is 3. The Morgan fingerprint density at radius 2 is 1.84 bits per heavy atom. The summed E-state index contributed by atoms with van der Waals surface area (Å²) in [7, 11) is 0. The van der Waals surface area contributed by atoms with Gasteiger partial charge in [0.25, 0.3) is 5.91 Å². The summed E-state index contributed by atoms with van der Waals surface area (Å²) >= 11 is 0. The highest BCUT2D eigenvalue weighted by Gasteiger charge is 2.29. The Balaban J connectivity index is 1.77. The van der Waals surface area contributed by atoms with E-state index in [0.29, 0.717) is 31.6 Å².